The van der Waals surface area contributed by atoms with Crippen molar-refractivity contribution in [3.05, 3.63) is 59.7 Å². The van der Waals surface area contributed by atoms with E-state index in [2.05, 4.69) is 5.32 Å². The van der Waals surface area contributed by atoms with E-state index in [1.807, 2.05) is 41.1 Å². The van der Waals surface area contributed by atoms with Gasteiger partial charge < -0.3 is 9.80 Å². The second-order valence-electron chi connectivity index (χ2n) is 8.70. The van der Waals surface area contributed by atoms with Crippen molar-refractivity contribution in [3.8, 4) is 0 Å². The van der Waals surface area contributed by atoms with E-state index in [0.29, 0.717) is 24.5 Å². The number of halogens is 3. The Morgan fingerprint density at radius 2 is 1.79 bits per heavy atom. The number of benzene rings is 2. The summed E-state index contributed by atoms with van der Waals surface area (Å²) in [5, 5.41) is 2.26. The summed E-state index contributed by atoms with van der Waals surface area (Å²) in [4.78, 5) is 44.8. The van der Waals surface area contributed by atoms with Crippen molar-refractivity contribution in [3.63, 3.8) is 0 Å². The molecule has 0 saturated carbocycles. The standard InChI is InChI=1S/C23H21F3N4O3/c1-28-9-10-29-17-8-3-2-5-14(17)12-22(18(29)13-28)19(31)27-21(33)30(20(22)32)16-7-4-6-15(11-16)23(24,25)26/h2-8,11,18H,9-10,12-13H2,1H3,(H,27,31,33)/t18-,22-/m0/s1. The maximum absolute atomic E-state index is 14.0. The van der Waals surface area contributed by atoms with Crippen molar-refractivity contribution in [2.75, 3.05) is 36.5 Å². The summed E-state index contributed by atoms with van der Waals surface area (Å²) >= 11 is 0. The largest absolute Gasteiger partial charge is 0.416 e. The molecule has 2 aromatic rings. The first-order valence-electron chi connectivity index (χ1n) is 10.5. The number of imide groups is 2. The molecule has 2 atom stereocenters. The molecule has 3 heterocycles. The van der Waals surface area contributed by atoms with Crippen LogP contribution in [0, 0.1) is 5.41 Å². The molecule has 0 unspecified atom stereocenters. The fraction of sp³-hybridized carbons (Fsp3) is 0.348. The molecule has 0 aromatic heterocycles. The van der Waals surface area contributed by atoms with Gasteiger partial charge in [0, 0.05) is 25.3 Å². The van der Waals surface area contributed by atoms with Crippen LogP contribution in [-0.2, 0) is 22.2 Å². The van der Waals surface area contributed by atoms with Crippen LogP contribution in [0.1, 0.15) is 11.1 Å². The number of nitrogens with one attached hydrogen (secondary N) is 1. The third-order valence-electron chi connectivity index (χ3n) is 6.77. The smallest absolute Gasteiger partial charge is 0.364 e. The van der Waals surface area contributed by atoms with Gasteiger partial charge >= 0.3 is 12.2 Å². The lowest BCUT2D eigenvalue weighted by molar-refractivity contribution is -0.145. The van der Waals surface area contributed by atoms with Crippen LogP contribution in [0.4, 0.5) is 29.3 Å². The molecule has 0 aliphatic carbocycles. The topological polar surface area (TPSA) is 73.0 Å². The van der Waals surface area contributed by atoms with Crippen molar-refractivity contribution >= 4 is 29.2 Å². The molecule has 2 aromatic carbocycles. The molecule has 1 spiro atoms. The lowest BCUT2D eigenvalue weighted by Crippen LogP contribution is -2.75. The highest BCUT2D eigenvalue weighted by Gasteiger charge is 2.63. The van der Waals surface area contributed by atoms with Crippen LogP contribution >= 0.6 is 0 Å². The van der Waals surface area contributed by atoms with E-state index < -0.39 is 41.0 Å². The zero-order valence-corrected chi connectivity index (χ0v) is 17.7. The van der Waals surface area contributed by atoms with Crippen molar-refractivity contribution in [1.82, 2.24) is 10.2 Å². The molecule has 4 amide bonds. The van der Waals surface area contributed by atoms with Gasteiger partial charge in [-0.15, -0.1) is 0 Å². The molecule has 5 rings (SSSR count). The van der Waals surface area contributed by atoms with E-state index in [-0.39, 0.29) is 12.1 Å². The van der Waals surface area contributed by atoms with Gasteiger partial charge in [0.1, 0.15) is 0 Å². The Hall–Kier alpha value is -3.40. The first kappa shape index (κ1) is 21.4. The zero-order chi connectivity index (χ0) is 23.5. The quantitative estimate of drug-likeness (QED) is 0.666. The highest BCUT2D eigenvalue weighted by atomic mass is 19.4. The van der Waals surface area contributed by atoms with E-state index in [4.69, 9.17) is 0 Å². The van der Waals surface area contributed by atoms with Crippen molar-refractivity contribution in [2.24, 2.45) is 5.41 Å². The van der Waals surface area contributed by atoms with E-state index in [0.717, 1.165) is 29.4 Å². The van der Waals surface area contributed by atoms with Gasteiger partial charge in [-0.3, -0.25) is 14.9 Å². The third-order valence-corrected chi connectivity index (χ3v) is 6.77. The second kappa shape index (κ2) is 7.31. The Balaban J connectivity index is 1.65. The zero-order valence-electron chi connectivity index (χ0n) is 17.7. The molecule has 3 aliphatic heterocycles. The summed E-state index contributed by atoms with van der Waals surface area (Å²) in [6, 6.07) is 9.84. The number of nitrogens with zero attached hydrogens (tertiary/aromatic N) is 3. The van der Waals surface area contributed by atoms with Gasteiger partial charge in [0.05, 0.1) is 17.3 Å². The molecular formula is C23H21F3N4O3. The van der Waals surface area contributed by atoms with Gasteiger partial charge in [0.25, 0.3) is 5.91 Å². The first-order valence-corrected chi connectivity index (χ1v) is 10.5. The molecule has 0 radical (unpaired) electrons. The van der Waals surface area contributed by atoms with Crippen LogP contribution in [0.2, 0.25) is 0 Å². The van der Waals surface area contributed by atoms with Crippen LogP contribution in [0.15, 0.2) is 48.5 Å². The predicted octanol–water partition coefficient (Wildman–Crippen LogP) is 2.65. The number of barbiturate groups is 1. The number of para-hydroxylation sites is 1. The van der Waals surface area contributed by atoms with E-state index in [1.165, 1.54) is 6.07 Å². The van der Waals surface area contributed by atoms with Gasteiger partial charge in [-0.05, 0) is 43.3 Å². The Bertz CT molecular complexity index is 1170. The summed E-state index contributed by atoms with van der Waals surface area (Å²) < 4.78 is 39.9. The second-order valence-corrected chi connectivity index (χ2v) is 8.70. The number of hydrogen-bond donors (Lipinski definition) is 1. The maximum Gasteiger partial charge on any atom is 0.416 e. The highest BCUT2D eigenvalue weighted by Crippen LogP contribution is 2.46. The van der Waals surface area contributed by atoms with Crippen LogP contribution < -0.4 is 15.1 Å². The predicted molar refractivity (Wildman–Crippen MR) is 114 cm³/mol. The molecule has 172 valence electrons. The van der Waals surface area contributed by atoms with Crippen molar-refractivity contribution in [1.29, 1.82) is 0 Å². The molecule has 0 bridgehead atoms. The van der Waals surface area contributed by atoms with Crippen LogP contribution in [0.25, 0.3) is 0 Å². The van der Waals surface area contributed by atoms with E-state index in [1.54, 1.807) is 0 Å². The minimum Gasteiger partial charge on any atom is -0.364 e. The van der Waals surface area contributed by atoms with E-state index >= 15 is 0 Å². The fourth-order valence-electron chi connectivity index (χ4n) is 5.15. The number of piperazine rings is 1. The first-order chi connectivity index (χ1) is 15.6. The monoisotopic (exact) mass is 458 g/mol. The molecular weight excluding hydrogens is 437 g/mol. The number of amides is 4. The number of urea groups is 1. The average Bonchev–Trinajstić information content (AvgIpc) is 2.77. The minimum atomic E-state index is -4.65. The molecule has 1 N–H and O–H groups in total. The summed E-state index contributed by atoms with van der Waals surface area (Å²) in [5.41, 5.74) is -1.18. The normalized spacial score (nSPS) is 25.7. The lowest BCUT2D eigenvalue weighted by Gasteiger charge is -2.55. The summed E-state index contributed by atoms with van der Waals surface area (Å²) in [5.74, 6) is -1.53. The molecule has 2 saturated heterocycles. The number of carbonyl (C=O) groups excluding carboxylic acids is 3. The van der Waals surface area contributed by atoms with Gasteiger partial charge in [-0.1, -0.05) is 24.3 Å². The highest BCUT2D eigenvalue weighted by molar-refractivity contribution is 6.30. The van der Waals surface area contributed by atoms with Crippen molar-refractivity contribution < 1.29 is 27.6 Å². The Labute approximate surface area is 187 Å². The van der Waals surface area contributed by atoms with Gasteiger partial charge in [0.15, 0.2) is 5.41 Å². The van der Waals surface area contributed by atoms with Gasteiger partial charge in [0.2, 0.25) is 5.91 Å². The third kappa shape index (κ3) is 3.19. The van der Waals surface area contributed by atoms with Crippen molar-refractivity contribution in [2.45, 2.75) is 18.6 Å². The number of anilines is 2. The summed E-state index contributed by atoms with van der Waals surface area (Å²) in [6.45, 7) is 1.67. The molecule has 2 fully saturated rings. The average molecular weight is 458 g/mol. The summed E-state index contributed by atoms with van der Waals surface area (Å²) in [7, 11) is 1.88. The maximum atomic E-state index is 14.0. The molecule has 10 heteroatoms. The van der Waals surface area contributed by atoms with E-state index in [9.17, 15) is 27.6 Å². The van der Waals surface area contributed by atoms with Crippen LogP contribution in [0.3, 0.4) is 0 Å². The molecule has 33 heavy (non-hydrogen) atoms. The number of hydrogen-bond acceptors (Lipinski definition) is 5. The Morgan fingerprint density at radius 3 is 2.55 bits per heavy atom. The van der Waals surface area contributed by atoms with Crippen LogP contribution in [-0.4, -0.2) is 55.5 Å². The van der Waals surface area contributed by atoms with Gasteiger partial charge in [-0.25, -0.2) is 9.69 Å². The number of alkyl halides is 3. The summed E-state index contributed by atoms with van der Waals surface area (Å²) in [6.07, 6.45) is -4.60. The van der Waals surface area contributed by atoms with Crippen LogP contribution in [0.5, 0.6) is 0 Å². The fourth-order valence-corrected chi connectivity index (χ4v) is 5.15. The number of fused-ring (bicyclic) bond motifs is 4. The number of likely N-dealkylation sites (N-methyl/N-ethyl adjacent to an activating group) is 1. The van der Waals surface area contributed by atoms with Gasteiger partial charge in [-0.2, -0.15) is 13.2 Å². The molecule has 7 nitrogen and oxygen atoms in total. The number of rotatable bonds is 1. The number of carbonyl (C=O) groups is 3. The molecule has 3 aliphatic rings. The minimum absolute atomic E-state index is 0.0472. The Kier molecular flexibility index (Phi) is 4.75. The SMILES string of the molecule is CN1CCN2c3ccccc3C[C@@]3(C(=O)NC(=O)N(c4cccc(C(F)(F)F)c4)C3=O)[C@@H]2C1. The Morgan fingerprint density at radius 1 is 1.03 bits per heavy atom. The lowest BCUT2D eigenvalue weighted by atomic mass is 9.67.